The zero-order valence-electron chi connectivity index (χ0n) is 8.54. The first-order chi connectivity index (χ1) is 7.09. The van der Waals surface area contributed by atoms with Crippen LogP contribution in [0.4, 0.5) is 5.95 Å². The van der Waals surface area contributed by atoms with E-state index in [0.29, 0.717) is 29.8 Å². The van der Waals surface area contributed by atoms with Crippen molar-refractivity contribution in [2.45, 2.75) is 6.42 Å². The molecule has 6 heteroatoms. The lowest BCUT2D eigenvalue weighted by Crippen LogP contribution is -2.34. The summed E-state index contributed by atoms with van der Waals surface area (Å²) in [5, 5.41) is 3.10. The summed E-state index contributed by atoms with van der Waals surface area (Å²) < 4.78 is 0. The number of halogens is 1. The van der Waals surface area contributed by atoms with Crippen molar-refractivity contribution in [3.8, 4) is 0 Å². The number of hydrogen-bond acceptors (Lipinski definition) is 4. The van der Waals surface area contributed by atoms with E-state index in [9.17, 15) is 4.79 Å². The highest BCUT2D eigenvalue weighted by molar-refractivity contribution is 6.30. The molecule has 0 saturated heterocycles. The topological polar surface area (TPSA) is 58.1 Å². The standard InChI is InChI=1S/C9H11ClN4O/c1-14(2)9-12-6-5(7(10)13-9)3-4-11-8(6)15/h3-4H2,1-2H3,(H,11,15). The van der Waals surface area contributed by atoms with E-state index in [1.165, 1.54) is 0 Å². The van der Waals surface area contributed by atoms with Crippen molar-refractivity contribution in [1.29, 1.82) is 0 Å². The maximum atomic E-state index is 11.5. The number of nitrogens with zero attached hydrogens (tertiary/aromatic N) is 3. The average Bonchev–Trinajstić information content (AvgIpc) is 2.19. The van der Waals surface area contributed by atoms with Crippen molar-refractivity contribution in [2.75, 3.05) is 25.5 Å². The third kappa shape index (κ3) is 1.74. The Kier molecular flexibility index (Phi) is 2.48. The molecule has 1 amide bonds. The first-order valence-electron chi connectivity index (χ1n) is 4.61. The van der Waals surface area contributed by atoms with Crippen LogP contribution in [-0.4, -0.2) is 36.5 Å². The fraction of sp³-hybridized carbons (Fsp3) is 0.444. The minimum atomic E-state index is -0.177. The fourth-order valence-electron chi connectivity index (χ4n) is 1.44. The predicted molar refractivity (Wildman–Crippen MR) is 57.4 cm³/mol. The van der Waals surface area contributed by atoms with Gasteiger partial charge < -0.3 is 10.2 Å². The van der Waals surface area contributed by atoms with Gasteiger partial charge in [0.1, 0.15) is 10.8 Å². The zero-order chi connectivity index (χ0) is 11.0. The molecule has 0 saturated carbocycles. The Hall–Kier alpha value is -1.36. The lowest BCUT2D eigenvalue weighted by atomic mass is 10.1. The first kappa shape index (κ1) is 10.2. The van der Waals surface area contributed by atoms with Gasteiger partial charge in [0.2, 0.25) is 5.95 Å². The van der Waals surface area contributed by atoms with Crippen LogP contribution in [0.3, 0.4) is 0 Å². The number of rotatable bonds is 1. The average molecular weight is 227 g/mol. The van der Waals surface area contributed by atoms with Crippen LogP contribution < -0.4 is 10.2 Å². The van der Waals surface area contributed by atoms with Crippen LogP contribution in [0, 0.1) is 0 Å². The molecule has 0 atom stereocenters. The van der Waals surface area contributed by atoms with E-state index in [4.69, 9.17) is 11.6 Å². The number of anilines is 1. The van der Waals surface area contributed by atoms with E-state index < -0.39 is 0 Å². The number of amides is 1. The van der Waals surface area contributed by atoms with Crippen LogP contribution >= 0.6 is 11.6 Å². The Labute approximate surface area is 92.5 Å². The summed E-state index contributed by atoms with van der Waals surface area (Å²) in [5.74, 6) is 0.277. The van der Waals surface area contributed by atoms with Crippen LogP contribution in [0.1, 0.15) is 16.1 Å². The van der Waals surface area contributed by atoms with Crippen molar-refractivity contribution < 1.29 is 4.79 Å². The molecule has 0 unspecified atom stereocenters. The van der Waals surface area contributed by atoms with Crippen LogP contribution in [0.2, 0.25) is 5.15 Å². The summed E-state index contributed by atoms with van der Waals surface area (Å²) in [6.07, 6.45) is 0.688. The van der Waals surface area contributed by atoms with E-state index in [-0.39, 0.29) is 5.91 Å². The number of hydrogen-bond donors (Lipinski definition) is 1. The normalized spacial score (nSPS) is 14.5. The van der Waals surface area contributed by atoms with Gasteiger partial charge >= 0.3 is 0 Å². The number of aromatic nitrogens is 2. The van der Waals surface area contributed by atoms with Gasteiger partial charge in [-0.3, -0.25) is 4.79 Å². The molecule has 1 aromatic rings. The molecule has 80 valence electrons. The van der Waals surface area contributed by atoms with Gasteiger partial charge in [-0.1, -0.05) is 11.6 Å². The molecular weight excluding hydrogens is 216 g/mol. The summed E-state index contributed by atoms with van der Waals surface area (Å²) in [5.41, 5.74) is 1.14. The molecule has 2 rings (SSSR count). The van der Waals surface area contributed by atoms with E-state index >= 15 is 0 Å². The molecule has 0 aliphatic carbocycles. The molecule has 1 aromatic heterocycles. The lowest BCUT2D eigenvalue weighted by Gasteiger charge is -2.19. The van der Waals surface area contributed by atoms with Crippen molar-refractivity contribution in [3.05, 3.63) is 16.4 Å². The highest BCUT2D eigenvalue weighted by Crippen LogP contribution is 2.22. The molecule has 0 bridgehead atoms. The van der Waals surface area contributed by atoms with Gasteiger partial charge in [0.15, 0.2) is 0 Å². The van der Waals surface area contributed by atoms with E-state index in [1.54, 1.807) is 19.0 Å². The van der Waals surface area contributed by atoms with Gasteiger partial charge in [0, 0.05) is 26.2 Å². The van der Waals surface area contributed by atoms with Crippen LogP contribution in [0.25, 0.3) is 0 Å². The monoisotopic (exact) mass is 226 g/mol. The molecule has 1 N–H and O–H groups in total. The van der Waals surface area contributed by atoms with Gasteiger partial charge in [0.05, 0.1) is 0 Å². The largest absolute Gasteiger partial charge is 0.350 e. The highest BCUT2D eigenvalue weighted by Gasteiger charge is 2.23. The molecule has 0 fully saturated rings. The van der Waals surface area contributed by atoms with Crippen LogP contribution in [0.5, 0.6) is 0 Å². The van der Waals surface area contributed by atoms with Gasteiger partial charge in [-0.25, -0.2) is 9.97 Å². The maximum Gasteiger partial charge on any atom is 0.270 e. The molecule has 0 aromatic carbocycles. The number of carbonyl (C=O) groups excluding carboxylic acids is 1. The molecule has 15 heavy (non-hydrogen) atoms. The fourth-order valence-corrected chi connectivity index (χ4v) is 1.70. The number of fused-ring (bicyclic) bond motifs is 1. The van der Waals surface area contributed by atoms with Crippen molar-refractivity contribution in [2.24, 2.45) is 0 Å². The van der Waals surface area contributed by atoms with E-state index in [2.05, 4.69) is 15.3 Å². The summed E-state index contributed by atoms with van der Waals surface area (Å²) in [7, 11) is 3.61. The quantitative estimate of drug-likeness (QED) is 0.708. The Bertz CT molecular complexity index is 419. The Morgan fingerprint density at radius 3 is 2.80 bits per heavy atom. The molecular formula is C9H11ClN4O. The molecule has 0 radical (unpaired) electrons. The first-order valence-corrected chi connectivity index (χ1v) is 4.99. The second-order valence-electron chi connectivity index (χ2n) is 3.54. The second-order valence-corrected chi connectivity index (χ2v) is 3.90. The highest BCUT2D eigenvalue weighted by atomic mass is 35.5. The van der Waals surface area contributed by atoms with Crippen molar-refractivity contribution >= 4 is 23.5 Å². The van der Waals surface area contributed by atoms with E-state index in [0.717, 1.165) is 5.56 Å². The molecule has 0 spiro atoms. The minimum absolute atomic E-state index is 0.177. The predicted octanol–water partition coefficient (Wildman–Crippen LogP) is 0.482. The third-order valence-electron chi connectivity index (χ3n) is 2.22. The number of nitrogens with one attached hydrogen (secondary N) is 1. The van der Waals surface area contributed by atoms with Gasteiger partial charge in [-0.05, 0) is 6.42 Å². The molecule has 1 aliphatic rings. The van der Waals surface area contributed by atoms with Crippen LogP contribution in [-0.2, 0) is 6.42 Å². The van der Waals surface area contributed by atoms with Gasteiger partial charge in [0.25, 0.3) is 5.91 Å². The van der Waals surface area contributed by atoms with Crippen molar-refractivity contribution in [1.82, 2.24) is 15.3 Å². The zero-order valence-corrected chi connectivity index (χ0v) is 9.30. The molecule has 5 nitrogen and oxygen atoms in total. The molecule has 1 aliphatic heterocycles. The van der Waals surface area contributed by atoms with Crippen molar-refractivity contribution in [3.63, 3.8) is 0 Å². The van der Waals surface area contributed by atoms with Crippen LogP contribution in [0.15, 0.2) is 0 Å². The summed E-state index contributed by atoms with van der Waals surface area (Å²) in [6, 6.07) is 0. The van der Waals surface area contributed by atoms with Gasteiger partial charge in [-0.2, -0.15) is 0 Å². The SMILES string of the molecule is CN(C)c1nc(Cl)c2c(n1)C(=O)NCC2. The minimum Gasteiger partial charge on any atom is -0.350 e. The third-order valence-corrected chi connectivity index (χ3v) is 2.53. The number of carbonyl (C=O) groups is 1. The summed E-state index contributed by atoms with van der Waals surface area (Å²) in [4.78, 5) is 21.5. The Balaban J connectivity index is 2.56. The Morgan fingerprint density at radius 2 is 2.13 bits per heavy atom. The molecule has 2 heterocycles. The Morgan fingerprint density at radius 1 is 1.40 bits per heavy atom. The van der Waals surface area contributed by atoms with Gasteiger partial charge in [-0.15, -0.1) is 0 Å². The smallest absolute Gasteiger partial charge is 0.270 e. The van der Waals surface area contributed by atoms with E-state index in [1.807, 2.05) is 0 Å². The lowest BCUT2D eigenvalue weighted by molar-refractivity contribution is 0.0940. The summed E-state index contributed by atoms with van der Waals surface area (Å²) >= 11 is 6.00. The second kappa shape index (κ2) is 3.66. The summed E-state index contributed by atoms with van der Waals surface area (Å²) in [6.45, 7) is 0.593. The maximum absolute atomic E-state index is 11.5.